The van der Waals surface area contributed by atoms with Crippen molar-refractivity contribution in [3.63, 3.8) is 0 Å². The van der Waals surface area contributed by atoms with E-state index in [9.17, 15) is 17.6 Å². The zero-order chi connectivity index (χ0) is 12.3. The van der Waals surface area contributed by atoms with E-state index < -0.39 is 18.0 Å². The Morgan fingerprint density at radius 2 is 1.94 bits per heavy atom. The van der Waals surface area contributed by atoms with E-state index in [1.807, 2.05) is 0 Å². The van der Waals surface area contributed by atoms with Gasteiger partial charge in [0.05, 0.1) is 0 Å². The molecule has 0 saturated heterocycles. The zero-order valence-electron chi connectivity index (χ0n) is 9.03. The van der Waals surface area contributed by atoms with Gasteiger partial charge in [-0.1, -0.05) is 19.1 Å². The molecule has 0 aliphatic carbocycles. The third kappa shape index (κ3) is 2.95. The van der Waals surface area contributed by atoms with Crippen LogP contribution in [0.15, 0.2) is 18.2 Å². The Morgan fingerprint density at radius 1 is 1.31 bits per heavy atom. The van der Waals surface area contributed by atoms with Crippen molar-refractivity contribution in [3.8, 4) is 0 Å². The van der Waals surface area contributed by atoms with Crippen LogP contribution in [0.2, 0.25) is 0 Å². The first kappa shape index (κ1) is 13.0. The van der Waals surface area contributed by atoms with Crippen LogP contribution in [0, 0.1) is 12.7 Å². The maximum atomic E-state index is 13.2. The summed E-state index contributed by atoms with van der Waals surface area (Å²) in [5, 5.41) is 2.29. The van der Waals surface area contributed by atoms with Crippen LogP contribution in [-0.4, -0.2) is 12.7 Å². The summed E-state index contributed by atoms with van der Waals surface area (Å²) < 4.78 is 51.1. The first-order valence-electron chi connectivity index (χ1n) is 4.92. The van der Waals surface area contributed by atoms with Crippen molar-refractivity contribution in [1.82, 2.24) is 5.32 Å². The highest BCUT2D eigenvalue weighted by molar-refractivity contribution is 5.26. The van der Waals surface area contributed by atoms with E-state index in [-0.39, 0.29) is 12.1 Å². The van der Waals surface area contributed by atoms with Crippen LogP contribution in [0.3, 0.4) is 0 Å². The van der Waals surface area contributed by atoms with Crippen molar-refractivity contribution < 1.29 is 17.6 Å². The maximum absolute atomic E-state index is 13.2. The number of aryl methyl sites for hydroxylation is 1. The van der Waals surface area contributed by atoms with Gasteiger partial charge in [0.15, 0.2) is 0 Å². The van der Waals surface area contributed by atoms with Crippen molar-refractivity contribution in [1.29, 1.82) is 0 Å². The van der Waals surface area contributed by atoms with Crippen LogP contribution in [0.1, 0.15) is 24.1 Å². The third-order valence-electron chi connectivity index (χ3n) is 2.26. The molecule has 0 fully saturated rings. The van der Waals surface area contributed by atoms with Crippen molar-refractivity contribution in [2.75, 3.05) is 6.54 Å². The van der Waals surface area contributed by atoms with Gasteiger partial charge >= 0.3 is 6.18 Å². The largest absolute Gasteiger partial charge is 0.407 e. The third-order valence-corrected chi connectivity index (χ3v) is 2.26. The molecule has 0 aliphatic rings. The normalized spacial score (nSPS) is 13.9. The monoisotopic (exact) mass is 235 g/mol. The van der Waals surface area contributed by atoms with E-state index in [1.54, 1.807) is 6.92 Å². The molecule has 90 valence electrons. The molecule has 0 bridgehead atoms. The van der Waals surface area contributed by atoms with Crippen LogP contribution < -0.4 is 5.32 Å². The molecule has 0 amide bonds. The maximum Gasteiger partial charge on any atom is 0.407 e. The molecule has 0 aromatic heterocycles. The fourth-order valence-electron chi connectivity index (χ4n) is 1.42. The SMILES string of the molecule is CCNC(c1ccc(C)c(F)c1)C(F)(F)F. The lowest BCUT2D eigenvalue weighted by atomic mass is 10.0. The van der Waals surface area contributed by atoms with Gasteiger partial charge in [0.25, 0.3) is 0 Å². The van der Waals surface area contributed by atoms with Crippen molar-refractivity contribution in [2.45, 2.75) is 26.1 Å². The molecule has 0 spiro atoms. The summed E-state index contributed by atoms with van der Waals surface area (Å²) in [6.07, 6.45) is -4.42. The Kier molecular flexibility index (Phi) is 3.91. The van der Waals surface area contributed by atoms with E-state index in [0.717, 1.165) is 6.07 Å². The van der Waals surface area contributed by atoms with Crippen molar-refractivity contribution >= 4 is 0 Å². The van der Waals surface area contributed by atoms with Gasteiger partial charge in [0, 0.05) is 0 Å². The Balaban J connectivity index is 3.06. The summed E-state index contributed by atoms with van der Waals surface area (Å²) in [4.78, 5) is 0. The van der Waals surface area contributed by atoms with Crippen LogP contribution in [0.25, 0.3) is 0 Å². The summed E-state index contributed by atoms with van der Waals surface area (Å²) >= 11 is 0. The van der Waals surface area contributed by atoms with E-state index in [2.05, 4.69) is 5.32 Å². The second-order valence-corrected chi connectivity index (χ2v) is 3.54. The highest BCUT2D eigenvalue weighted by Crippen LogP contribution is 2.33. The number of hydrogen-bond acceptors (Lipinski definition) is 1. The smallest absolute Gasteiger partial charge is 0.303 e. The number of nitrogens with one attached hydrogen (secondary N) is 1. The van der Waals surface area contributed by atoms with Crippen LogP contribution in [0.5, 0.6) is 0 Å². The molecule has 5 heteroatoms. The predicted molar refractivity (Wildman–Crippen MR) is 53.6 cm³/mol. The second-order valence-electron chi connectivity index (χ2n) is 3.54. The lowest BCUT2D eigenvalue weighted by Crippen LogP contribution is -2.34. The molecule has 1 nitrogen and oxygen atoms in total. The summed E-state index contributed by atoms with van der Waals surface area (Å²) in [5.41, 5.74) is 0.235. The van der Waals surface area contributed by atoms with E-state index >= 15 is 0 Å². The minimum atomic E-state index is -4.42. The molecule has 0 saturated carbocycles. The highest BCUT2D eigenvalue weighted by Gasteiger charge is 2.40. The quantitative estimate of drug-likeness (QED) is 0.792. The van der Waals surface area contributed by atoms with Gasteiger partial charge in [0.1, 0.15) is 11.9 Å². The van der Waals surface area contributed by atoms with Gasteiger partial charge in [-0.3, -0.25) is 0 Å². The number of rotatable bonds is 3. The van der Waals surface area contributed by atoms with Gasteiger partial charge in [-0.15, -0.1) is 0 Å². The first-order chi connectivity index (χ1) is 7.36. The Bertz CT molecular complexity index is 359. The fraction of sp³-hybridized carbons (Fsp3) is 0.455. The Labute approximate surface area is 91.5 Å². The zero-order valence-corrected chi connectivity index (χ0v) is 9.03. The van der Waals surface area contributed by atoms with Gasteiger partial charge in [0.2, 0.25) is 0 Å². The van der Waals surface area contributed by atoms with E-state index in [0.29, 0.717) is 5.56 Å². The van der Waals surface area contributed by atoms with Gasteiger partial charge in [-0.25, -0.2) is 4.39 Å². The second kappa shape index (κ2) is 4.82. The van der Waals surface area contributed by atoms with Gasteiger partial charge in [-0.2, -0.15) is 13.2 Å². The summed E-state index contributed by atoms with van der Waals surface area (Å²) in [6.45, 7) is 3.25. The minimum Gasteiger partial charge on any atom is -0.303 e. The average molecular weight is 235 g/mol. The molecule has 1 N–H and O–H groups in total. The first-order valence-corrected chi connectivity index (χ1v) is 4.92. The number of hydrogen-bond donors (Lipinski definition) is 1. The summed E-state index contributed by atoms with van der Waals surface area (Å²) in [5.74, 6) is -0.621. The Morgan fingerprint density at radius 3 is 2.38 bits per heavy atom. The van der Waals surface area contributed by atoms with Gasteiger partial charge in [-0.05, 0) is 30.7 Å². The number of halogens is 4. The van der Waals surface area contributed by atoms with Crippen molar-refractivity contribution in [3.05, 3.63) is 35.1 Å². The number of benzene rings is 1. The Hall–Kier alpha value is -1.10. The number of alkyl halides is 3. The molecule has 0 aliphatic heterocycles. The molecule has 0 radical (unpaired) electrons. The standard InChI is InChI=1S/C11H13F4N/c1-3-16-10(11(13,14)15)8-5-4-7(2)9(12)6-8/h4-6,10,16H,3H2,1-2H3. The topological polar surface area (TPSA) is 12.0 Å². The van der Waals surface area contributed by atoms with E-state index in [4.69, 9.17) is 0 Å². The summed E-state index contributed by atoms with van der Waals surface area (Å²) in [6, 6.07) is 1.75. The van der Waals surface area contributed by atoms with E-state index in [1.165, 1.54) is 19.1 Å². The highest BCUT2D eigenvalue weighted by atomic mass is 19.4. The molecular weight excluding hydrogens is 222 g/mol. The van der Waals surface area contributed by atoms with Crippen molar-refractivity contribution in [2.24, 2.45) is 0 Å². The minimum absolute atomic E-state index is 0.0996. The van der Waals surface area contributed by atoms with Gasteiger partial charge < -0.3 is 5.32 Å². The van der Waals surface area contributed by atoms with Crippen LogP contribution in [0.4, 0.5) is 17.6 Å². The molecule has 1 atom stereocenters. The lowest BCUT2D eigenvalue weighted by molar-refractivity contribution is -0.157. The average Bonchev–Trinajstić information content (AvgIpc) is 2.17. The molecule has 0 heterocycles. The predicted octanol–water partition coefficient (Wildman–Crippen LogP) is 3.35. The van der Waals surface area contributed by atoms with Crippen LogP contribution in [-0.2, 0) is 0 Å². The summed E-state index contributed by atoms with van der Waals surface area (Å²) in [7, 11) is 0. The molecular formula is C11H13F4N. The molecule has 1 aromatic rings. The van der Waals surface area contributed by atoms with Crippen LogP contribution >= 0.6 is 0 Å². The molecule has 1 unspecified atom stereocenters. The molecule has 16 heavy (non-hydrogen) atoms. The molecule has 1 aromatic carbocycles. The lowest BCUT2D eigenvalue weighted by Gasteiger charge is -2.21. The fourth-order valence-corrected chi connectivity index (χ4v) is 1.42. The molecule has 1 rings (SSSR count).